The average Bonchev–Trinajstić information content (AvgIpc) is 2.68. The second-order valence-corrected chi connectivity index (χ2v) is 11.7. The van der Waals surface area contributed by atoms with Gasteiger partial charge in [-0.2, -0.15) is 0 Å². The molecule has 2 aliphatic rings. The fourth-order valence-electron chi connectivity index (χ4n) is 5.76. The van der Waals surface area contributed by atoms with Crippen molar-refractivity contribution in [3.8, 4) is 0 Å². The molecule has 0 aromatic heterocycles. The summed E-state index contributed by atoms with van der Waals surface area (Å²) < 4.78 is 27.5. The molecule has 0 amide bonds. The van der Waals surface area contributed by atoms with Crippen LogP contribution in [0.1, 0.15) is 85.6 Å². The quantitative estimate of drug-likeness (QED) is 0.330. The van der Waals surface area contributed by atoms with Gasteiger partial charge in [0.15, 0.2) is 5.41 Å². The second kappa shape index (κ2) is 10.5. The highest BCUT2D eigenvalue weighted by atomic mass is 28.1. The largest absolute Gasteiger partial charge is 0.347 e. The molecule has 173 valence electrons. The Balaban J connectivity index is 1.92. The van der Waals surface area contributed by atoms with Gasteiger partial charge in [0.1, 0.15) is 16.1 Å². The lowest BCUT2D eigenvalue weighted by atomic mass is 9.75. The van der Waals surface area contributed by atoms with E-state index in [1.807, 2.05) is 0 Å². The van der Waals surface area contributed by atoms with Gasteiger partial charge in [-0.3, -0.25) is 0 Å². The second-order valence-electron chi connectivity index (χ2n) is 11.1. The van der Waals surface area contributed by atoms with E-state index in [-0.39, 0.29) is 18.0 Å². The van der Waals surface area contributed by atoms with Crippen molar-refractivity contribution in [2.45, 2.75) is 97.7 Å². The molecule has 1 aromatic rings. The summed E-state index contributed by atoms with van der Waals surface area (Å²) in [6.45, 7) is 13.8. The van der Waals surface area contributed by atoms with Crippen molar-refractivity contribution < 1.29 is 13.9 Å². The first-order valence-electron chi connectivity index (χ1n) is 12.5. The molecule has 3 radical (unpaired) electrons. The van der Waals surface area contributed by atoms with Gasteiger partial charge in [-0.05, 0) is 73.3 Å². The maximum absolute atomic E-state index is 13.7. The summed E-state index contributed by atoms with van der Waals surface area (Å²) in [6.07, 6.45) is 7.18. The molecule has 6 atom stereocenters. The molecule has 0 bridgehead atoms. The molecule has 2 nitrogen and oxygen atoms in total. The van der Waals surface area contributed by atoms with Crippen molar-refractivity contribution in [3.05, 3.63) is 35.6 Å². The van der Waals surface area contributed by atoms with Crippen LogP contribution in [0, 0.1) is 41.3 Å². The summed E-state index contributed by atoms with van der Waals surface area (Å²) in [5.74, 6) is 3.16. The van der Waals surface area contributed by atoms with E-state index < -0.39 is 5.41 Å². The van der Waals surface area contributed by atoms with Crippen LogP contribution in [0.5, 0.6) is 0 Å². The van der Waals surface area contributed by atoms with Crippen molar-refractivity contribution in [2.75, 3.05) is 0 Å². The summed E-state index contributed by atoms with van der Waals surface area (Å²) >= 11 is 0. The predicted octanol–water partition coefficient (Wildman–Crippen LogP) is 7.06. The Kier molecular flexibility index (Phi) is 8.42. The third-order valence-corrected chi connectivity index (χ3v) is 8.31. The maximum atomic E-state index is 13.7. The average molecular weight is 446 g/mol. The van der Waals surface area contributed by atoms with E-state index in [4.69, 9.17) is 9.47 Å². The smallest absolute Gasteiger partial charge is 0.169 e. The van der Waals surface area contributed by atoms with Crippen LogP contribution < -0.4 is 0 Å². The van der Waals surface area contributed by atoms with Gasteiger partial charge in [0.05, 0.1) is 12.2 Å². The number of benzene rings is 1. The van der Waals surface area contributed by atoms with Crippen molar-refractivity contribution in [1.82, 2.24) is 0 Å². The van der Waals surface area contributed by atoms with Gasteiger partial charge < -0.3 is 9.47 Å². The van der Waals surface area contributed by atoms with Gasteiger partial charge in [-0.15, -0.1) is 0 Å². The molecular weight excluding hydrogens is 403 g/mol. The Morgan fingerprint density at radius 2 is 1.23 bits per heavy atom. The molecule has 31 heavy (non-hydrogen) atoms. The van der Waals surface area contributed by atoms with Crippen LogP contribution >= 0.6 is 0 Å². The highest BCUT2D eigenvalue weighted by Gasteiger charge is 2.42. The first kappa shape index (κ1) is 24.9. The van der Waals surface area contributed by atoms with Crippen molar-refractivity contribution in [2.24, 2.45) is 35.5 Å². The fraction of sp³-hybridized carbons (Fsp3) is 0.778. The van der Waals surface area contributed by atoms with Gasteiger partial charge in [-0.1, -0.05) is 66.5 Å². The summed E-state index contributed by atoms with van der Waals surface area (Å²) in [6, 6.07) is 6.61. The number of hydrogen-bond acceptors (Lipinski definition) is 2. The minimum Gasteiger partial charge on any atom is -0.347 e. The van der Waals surface area contributed by atoms with Crippen molar-refractivity contribution >= 4 is 10.2 Å². The normalized spacial score (nSPS) is 34.1. The zero-order valence-electron chi connectivity index (χ0n) is 20.4. The van der Waals surface area contributed by atoms with Gasteiger partial charge in [0, 0.05) is 5.56 Å². The Morgan fingerprint density at radius 1 is 0.806 bits per heavy atom. The Hall–Kier alpha value is -0.713. The molecule has 4 heteroatoms. The van der Waals surface area contributed by atoms with E-state index in [0.29, 0.717) is 35.5 Å². The van der Waals surface area contributed by atoms with Crippen LogP contribution in [-0.2, 0) is 14.9 Å². The third-order valence-electron chi connectivity index (χ3n) is 7.78. The molecule has 6 unspecified atom stereocenters. The molecule has 0 saturated heterocycles. The SMILES string of the molecule is CC1CCC(C(C)C)C(OC([Si])(OC2CC(C)CCC2C(C)C)c2ccc(F)cc2)C1. The van der Waals surface area contributed by atoms with Crippen molar-refractivity contribution in [3.63, 3.8) is 0 Å². The number of ether oxygens (including phenoxy) is 2. The van der Waals surface area contributed by atoms with Gasteiger partial charge in [0.25, 0.3) is 0 Å². The molecule has 2 aliphatic carbocycles. The van der Waals surface area contributed by atoms with Gasteiger partial charge >= 0.3 is 0 Å². The van der Waals surface area contributed by atoms with Crippen LogP contribution in [-0.4, -0.2) is 22.5 Å². The number of hydrogen-bond donors (Lipinski definition) is 0. The summed E-state index contributed by atoms with van der Waals surface area (Å²) in [5, 5.41) is 0. The molecule has 0 N–H and O–H groups in total. The minimum atomic E-state index is -1.06. The van der Waals surface area contributed by atoms with Crippen LogP contribution in [0.25, 0.3) is 0 Å². The molecule has 0 aliphatic heterocycles. The number of rotatable bonds is 7. The van der Waals surface area contributed by atoms with Crippen LogP contribution in [0.2, 0.25) is 0 Å². The fourth-order valence-corrected chi connectivity index (χ4v) is 6.23. The Morgan fingerprint density at radius 3 is 1.61 bits per heavy atom. The lowest BCUT2D eigenvalue weighted by Gasteiger charge is -2.46. The van der Waals surface area contributed by atoms with Gasteiger partial charge in [-0.25, -0.2) is 4.39 Å². The van der Waals surface area contributed by atoms with E-state index >= 15 is 0 Å². The lowest BCUT2D eigenvalue weighted by molar-refractivity contribution is -0.266. The van der Waals surface area contributed by atoms with E-state index in [9.17, 15) is 4.39 Å². The molecular formula is C27H42FO2Si. The van der Waals surface area contributed by atoms with Crippen LogP contribution in [0.4, 0.5) is 4.39 Å². The van der Waals surface area contributed by atoms with Crippen LogP contribution in [0.15, 0.2) is 24.3 Å². The first-order chi connectivity index (χ1) is 14.6. The Bertz CT molecular complexity index is 655. The third kappa shape index (κ3) is 6.20. The minimum absolute atomic E-state index is 0.116. The number of halogens is 1. The molecule has 3 rings (SSSR count). The molecule has 0 spiro atoms. The topological polar surface area (TPSA) is 18.5 Å². The molecule has 2 saturated carbocycles. The molecule has 1 aromatic carbocycles. The summed E-state index contributed by atoms with van der Waals surface area (Å²) in [4.78, 5) is 0. The van der Waals surface area contributed by atoms with E-state index in [2.05, 4.69) is 51.8 Å². The van der Waals surface area contributed by atoms with Gasteiger partial charge in [0.2, 0.25) is 0 Å². The summed E-state index contributed by atoms with van der Waals surface area (Å²) in [5.41, 5.74) is -0.218. The summed E-state index contributed by atoms with van der Waals surface area (Å²) in [7, 11) is 3.98. The molecule has 2 fully saturated rings. The Labute approximate surface area is 193 Å². The highest BCUT2D eigenvalue weighted by Crippen LogP contribution is 2.43. The monoisotopic (exact) mass is 445 g/mol. The molecule has 0 heterocycles. The standard InChI is InChI=1S/C27H42FO2Si/c1-17(2)23-13-7-19(5)15-25(23)29-27(31,21-9-11-22(28)12-10-21)30-26-16-20(6)8-14-24(26)18(3)4/h9-12,17-20,23-26H,7-8,13-16H2,1-6H3. The highest BCUT2D eigenvalue weighted by molar-refractivity contribution is 6.13. The zero-order valence-corrected chi connectivity index (χ0v) is 21.4. The van der Waals surface area contributed by atoms with Crippen molar-refractivity contribution in [1.29, 1.82) is 0 Å². The van der Waals surface area contributed by atoms with E-state index in [1.165, 1.54) is 37.8 Å². The maximum Gasteiger partial charge on any atom is 0.169 e. The van der Waals surface area contributed by atoms with Crippen LogP contribution in [0.3, 0.4) is 0 Å². The first-order valence-corrected chi connectivity index (χ1v) is 13.0. The van der Waals surface area contributed by atoms with E-state index in [0.717, 1.165) is 18.4 Å². The zero-order chi connectivity index (χ0) is 22.8. The van der Waals surface area contributed by atoms with E-state index in [1.54, 1.807) is 12.1 Å². The lowest BCUT2D eigenvalue weighted by Crippen LogP contribution is -2.48. The predicted molar refractivity (Wildman–Crippen MR) is 126 cm³/mol.